The van der Waals surface area contributed by atoms with E-state index in [2.05, 4.69) is 5.32 Å². The number of carbonyl (C=O) groups is 1. The lowest BCUT2D eigenvalue weighted by Gasteiger charge is -2.24. The first-order valence-corrected chi connectivity index (χ1v) is 10.3. The Morgan fingerprint density at radius 3 is 2.19 bits per heavy atom. The van der Waals surface area contributed by atoms with Crippen molar-refractivity contribution in [3.8, 4) is 11.5 Å². The molecule has 0 aliphatic carbocycles. The van der Waals surface area contributed by atoms with Crippen LogP contribution in [0.4, 0.5) is 0 Å². The Balaban J connectivity index is 1.94. The third-order valence-electron chi connectivity index (χ3n) is 3.98. The van der Waals surface area contributed by atoms with Crippen molar-refractivity contribution in [2.75, 3.05) is 27.9 Å². The highest BCUT2D eigenvalue weighted by atomic mass is 28.4. The quantitative estimate of drug-likeness (QED) is 0.509. The van der Waals surface area contributed by atoms with E-state index in [1.165, 1.54) is 0 Å². The SMILES string of the molecule is CO[Si](CCCNC(=O)c1ccccc1Oc1ccccc1)(OC)OC. The maximum absolute atomic E-state index is 12.5. The molecule has 0 spiro atoms. The molecule has 0 saturated carbocycles. The number of amides is 1. The maximum atomic E-state index is 12.5. The van der Waals surface area contributed by atoms with Crippen molar-refractivity contribution < 1.29 is 22.8 Å². The summed E-state index contributed by atoms with van der Waals surface area (Å²) in [7, 11) is 2.13. The van der Waals surface area contributed by atoms with Crippen LogP contribution in [0.1, 0.15) is 16.8 Å². The van der Waals surface area contributed by atoms with E-state index in [-0.39, 0.29) is 5.91 Å². The van der Waals surface area contributed by atoms with Gasteiger partial charge in [0.2, 0.25) is 0 Å². The van der Waals surface area contributed by atoms with E-state index in [1.807, 2.05) is 42.5 Å². The minimum Gasteiger partial charge on any atom is -0.457 e. The van der Waals surface area contributed by atoms with Crippen LogP contribution < -0.4 is 10.1 Å². The van der Waals surface area contributed by atoms with Crippen molar-refractivity contribution in [1.82, 2.24) is 5.32 Å². The molecule has 2 aromatic rings. The molecule has 0 bridgehead atoms. The van der Waals surface area contributed by atoms with Crippen molar-refractivity contribution in [3.63, 3.8) is 0 Å². The minimum atomic E-state index is -2.61. The molecule has 140 valence electrons. The highest BCUT2D eigenvalue weighted by molar-refractivity contribution is 6.60. The molecular weight excluding hydrogens is 350 g/mol. The van der Waals surface area contributed by atoms with Gasteiger partial charge in [-0.2, -0.15) is 0 Å². The van der Waals surface area contributed by atoms with Crippen LogP contribution in [0.3, 0.4) is 0 Å². The normalized spacial score (nSPS) is 11.2. The second-order valence-corrected chi connectivity index (χ2v) is 8.66. The summed E-state index contributed by atoms with van der Waals surface area (Å²) in [5, 5.41) is 2.91. The zero-order chi connectivity index (χ0) is 18.8. The third-order valence-corrected chi connectivity index (χ3v) is 6.81. The summed E-state index contributed by atoms with van der Waals surface area (Å²) < 4.78 is 22.0. The van der Waals surface area contributed by atoms with Gasteiger partial charge in [0.15, 0.2) is 0 Å². The molecule has 1 amide bonds. The van der Waals surface area contributed by atoms with Gasteiger partial charge in [-0.1, -0.05) is 30.3 Å². The van der Waals surface area contributed by atoms with Crippen LogP contribution in [-0.2, 0) is 13.3 Å². The number of rotatable bonds is 10. The molecule has 0 aliphatic rings. The number of hydrogen-bond donors (Lipinski definition) is 1. The minimum absolute atomic E-state index is 0.184. The van der Waals surface area contributed by atoms with Gasteiger partial charge >= 0.3 is 8.80 Å². The fraction of sp³-hybridized carbons (Fsp3) is 0.316. The van der Waals surface area contributed by atoms with Crippen molar-refractivity contribution in [3.05, 3.63) is 60.2 Å². The lowest BCUT2D eigenvalue weighted by Crippen LogP contribution is -2.43. The van der Waals surface area contributed by atoms with Gasteiger partial charge in [0.1, 0.15) is 11.5 Å². The van der Waals surface area contributed by atoms with Crippen LogP contribution >= 0.6 is 0 Å². The lowest BCUT2D eigenvalue weighted by atomic mass is 10.2. The largest absolute Gasteiger partial charge is 0.500 e. The van der Waals surface area contributed by atoms with E-state index in [0.29, 0.717) is 36.1 Å². The molecule has 2 rings (SSSR count). The summed E-state index contributed by atoms with van der Waals surface area (Å²) in [6, 6.07) is 17.2. The zero-order valence-electron chi connectivity index (χ0n) is 15.4. The predicted molar refractivity (Wildman–Crippen MR) is 101 cm³/mol. The number of nitrogens with one attached hydrogen (secondary N) is 1. The van der Waals surface area contributed by atoms with Crippen LogP contribution in [0.5, 0.6) is 11.5 Å². The molecule has 6 nitrogen and oxygen atoms in total. The highest BCUT2D eigenvalue weighted by Gasteiger charge is 2.36. The first-order chi connectivity index (χ1) is 12.6. The third kappa shape index (κ3) is 5.40. The molecular formula is C19H25NO5Si. The first-order valence-electron chi connectivity index (χ1n) is 8.39. The second-order valence-electron chi connectivity index (χ2n) is 5.57. The van der Waals surface area contributed by atoms with Gasteiger partial charge in [-0.15, -0.1) is 0 Å². The average Bonchev–Trinajstić information content (AvgIpc) is 2.70. The molecule has 0 heterocycles. The van der Waals surface area contributed by atoms with Crippen molar-refractivity contribution >= 4 is 14.7 Å². The number of para-hydroxylation sites is 2. The van der Waals surface area contributed by atoms with Gasteiger partial charge in [0.25, 0.3) is 5.91 Å². The van der Waals surface area contributed by atoms with E-state index < -0.39 is 8.80 Å². The zero-order valence-corrected chi connectivity index (χ0v) is 16.4. The molecule has 0 unspecified atom stereocenters. The fourth-order valence-electron chi connectivity index (χ4n) is 2.52. The Bertz CT molecular complexity index is 683. The highest BCUT2D eigenvalue weighted by Crippen LogP contribution is 2.25. The van der Waals surface area contributed by atoms with Crippen molar-refractivity contribution in [1.29, 1.82) is 0 Å². The topological polar surface area (TPSA) is 66.0 Å². The van der Waals surface area contributed by atoms with Gasteiger partial charge in [-0.05, 0) is 30.7 Å². The Morgan fingerprint density at radius 2 is 1.54 bits per heavy atom. The van der Waals surface area contributed by atoms with Crippen LogP contribution in [-0.4, -0.2) is 42.6 Å². The molecule has 0 aliphatic heterocycles. The number of ether oxygens (including phenoxy) is 1. The summed E-state index contributed by atoms with van der Waals surface area (Å²) in [5.41, 5.74) is 0.491. The molecule has 0 atom stereocenters. The van der Waals surface area contributed by atoms with E-state index in [1.54, 1.807) is 33.5 Å². The van der Waals surface area contributed by atoms with Crippen LogP contribution in [0, 0.1) is 0 Å². The van der Waals surface area contributed by atoms with Crippen molar-refractivity contribution in [2.45, 2.75) is 12.5 Å². The summed E-state index contributed by atoms with van der Waals surface area (Å²) in [6.45, 7) is 0.489. The van der Waals surface area contributed by atoms with E-state index in [4.69, 9.17) is 18.0 Å². The van der Waals surface area contributed by atoms with Crippen LogP contribution in [0.15, 0.2) is 54.6 Å². The molecule has 26 heavy (non-hydrogen) atoms. The Hall–Kier alpha value is -2.19. The van der Waals surface area contributed by atoms with Gasteiger partial charge in [-0.3, -0.25) is 4.79 Å². The smallest absolute Gasteiger partial charge is 0.457 e. The van der Waals surface area contributed by atoms with Gasteiger partial charge < -0.3 is 23.3 Å². The van der Waals surface area contributed by atoms with Crippen LogP contribution in [0.25, 0.3) is 0 Å². The molecule has 0 fully saturated rings. The number of carbonyl (C=O) groups excluding carboxylic acids is 1. The second kappa shape index (κ2) is 10.1. The van der Waals surface area contributed by atoms with E-state index in [9.17, 15) is 4.79 Å². The van der Waals surface area contributed by atoms with Crippen molar-refractivity contribution in [2.24, 2.45) is 0 Å². The average molecular weight is 375 g/mol. The first kappa shape index (κ1) is 20.1. The molecule has 1 N–H and O–H groups in total. The van der Waals surface area contributed by atoms with Gasteiger partial charge in [0.05, 0.1) is 5.56 Å². The molecule has 2 aromatic carbocycles. The number of hydrogen-bond acceptors (Lipinski definition) is 5. The summed E-state index contributed by atoms with van der Waals surface area (Å²) in [5.74, 6) is 1.02. The fourth-order valence-corrected chi connectivity index (χ4v) is 4.24. The summed E-state index contributed by atoms with van der Waals surface area (Å²) >= 11 is 0. The summed E-state index contributed by atoms with van der Waals surface area (Å²) in [6.07, 6.45) is 0.690. The molecule has 0 radical (unpaired) electrons. The predicted octanol–water partition coefficient (Wildman–Crippen LogP) is 3.48. The Morgan fingerprint density at radius 1 is 0.923 bits per heavy atom. The summed E-state index contributed by atoms with van der Waals surface area (Å²) in [4.78, 5) is 12.5. The Labute approximate surface area is 155 Å². The molecule has 0 aromatic heterocycles. The standard InChI is InChI=1S/C19H25NO5Si/c1-22-26(23-2,24-3)15-9-14-20-19(21)17-12-7-8-13-18(17)25-16-10-5-4-6-11-16/h4-8,10-13H,9,14-15H2,1-3H3,(H,20,21). The maximum Gasteiger partial charge on any atom is 0.500 e. The lowest BCUT2D eigenvalue weighted by molar-refractivity contribution is 0.0947. The Kier molecular flexibility index (Phi) is 7.80. The van der Waals surface area contributed by atoms with E-state index in [0.717, 1.165) is 0 Å². The van der Waals surface area contributed by atoms with Gasteiger partial charge in [0, 0.05) is 33.9 Å². The van der Waals surface area contributed by atoms with Gasteiger partial charge in [-0.25, -0.2) is 0 Å². The van der Waals surface area contributed by atoms with Crippen LogP contribution in [0.2, 0.25) is 6.04 Å². The monoisotopic (exact) mass is 375 g/mol. The molecule has 7 heteroatoms. The van der Waals surface area contributed by atoms with E-state index >= 15 is 0 Å². The number of benzene rings is 2. The molecule has 0 saturated heterocycles.